The van der Waals surface area contributed by atoms with Gasteiger partial charge in [0.2, 0.25) is 0 Å². The topological polar surface area (TPSA) is 60.4 Å². The Labute approximate surface area is 255 Å². The van der Waals surface area contributed by atoms with E-state index >= 15 is 0 Å². The Morgan fingerprint density at radius 1 is 0.860 bits per heavy atom. The Morgan fingerprint density at radius 3 is 2.40 bits per heavy atom. The number of benzene rings is 3. The van der Waals surface area contributed by atoms with E-state index in [1.807, 2.05) is 55.5 Å². The van der Waals surface area contributed by atoms with Crippen molar-refractivity contribution in [2.24, 2.45) is 11.8 Å². The molecule has 5 rings (SSSR count). The number of hydrogen-bond acceptors (Lipinski definition) is 4. The SMILES string of the molecule is C=C(c1cccc(CCC(=O)C2=CC=CC(Cc3ccc(C)c(C)c3)C2=O)c1)c1cc(C(=O)C2CCOCC2)ccc1C. The van der Waals surface area contributed by atoms with Crippen molar-refractivity contribution in [1.29, 1.82) is 0 Å². The van der Waals surface area contributed by atoms with Crippen LogP contribution in [-0.4, -0.2) is 30.6 Å². The number of hydrogen-bond donors (Lipinski definition) is 0. The van der Waals surface area contributed by atoms with E-state index in [2.05, 4.69) is 44.7 Å². The molecule has 220 valence electrons. The number of carbonyl (C=O) groups excluding carboxylic acids is 3. The first-order valence-electron chi connectivity index (χ1n) is 15.2. The molecule has 1 atom stereocenters. The number of Topliss-reactive ketones (excluding diaryl/α,β-unsaturated/α-hetero) is 3. The van der Waals surface area contributed by atoms with Gasteiger partial charge in [0, 0.05) is 37.0 Å². The molecule has 0 N–H and O–H groups in total. The summed E-state index contributed by atoms with van der Waals surface area (Å²) in [5.74, 6) is -0.378. The Bertz CT molecular complexity index is 1630. The van der Waals surface area contributed by atoms with Gasteiger partial charge in [0.25, 0.3) is 0 Å². The monoisotopic (exact) mass is 572 g/mol. The predicted molar refractivity (Wildman–Crippen MR) is 172 cm³/mol. The summed E-state index contributed by atoms with van der Waals surface area (Å²) in [7, 11) is 0. The van der Waals surface area contributed by atoms with E-state index in [4.69, 9.17) is 4.74 Å². The van der Waals surface area contributed by atoms with Crippen molar-refractivity contribution >= 4 is 22.9 Å². The maximum atomic E-state index is 13.3. The van der Waals surface area contributed by atoms with Crippen LogP contribution in [0.5, 0.6) is 0 Å². The van der Waals surface area contributed by atoms with Crippen LogP contribution in [0.3, 0.4) is 0 Å². The van der Waals surface area contributed by atoms with Gasteiger partial charge in [0.1, 0.15) is 0 Å². The number of carbonyl (C=O) groups is 3. The van der Waals surface area contributed by atoms with Crippen molar-refractivity contribution in [2.75, 3.05) is 13.2 Å². The zero-order chi connectivity index (χ0) is 30.5. The van der Waals surface area contributed by atoms with Crippen LogP contribution < -0.4 is 0 Å². The van der Waals surface area contributed by atoms with Crippen LogP contribution in [-0.2, 0) is 27.2 Å². The van der Waals surface area contributed by atoms with Gasteiger partial charge in [-0.3, -0.25) is 14.4 Å². The van der Waals surface area contributed by atoms with Crippen molar-refractivity contribution in [2.45, 2.75) is 52.9 Å². The third kappa shape index (κ3) is 7.09. The normalized spacial score (nSPS) is 17.0. The molecule has 0 bridgehead atoms. The van der Waals surface area contributed by atoms with Crippen LogP contribution in [0.2, 0.25) is 0 Å². The highest BCUT2D eigenvalue weighted by Crippen LogP contribution is 2.29. The largest absolute Gasteiger partial charge is 0.381 e. The van der Waals surface area contributed by atoms with Gasteiger partial charge in [-0.2, -0.15) is 0 Å². The summed E-state index contributed by atoms with van der Waals surface area (Å²) in [6.45, 7) is 11.8. The van der Waals surface area contributed by atoms with Crippen molar-refractivity contribution in [3.63, 3.8) is 0 Å². The fraction of sp³-hybridized carbons (Fsp3) is 0.308. The van der Waals surface area contributed by atoms with E-state index in [1.54, 1.807) is 6.08 Å². The molecule has 1 saturated heterocycles. The van der Waals surface area contributed by atoms with Crippen LogP contribution in [0.15, 0.2) is 91.0 Å². The van der Waals surface area contributed by atoms with Crippen LogP contribution in [0, 0.1) is 32.6 Å². The molecule has 0 amide bonds. The molecule has 3 aromatic carbocycles. The zero-order valence-corrected chi connectivity index (χ0v) is 25.5. The van der Waals surface area contributed by atoms with Gasteiger partial charge < -0.3 is 4.74 Å². The molecular weight excluding hydrogens is 532 g/mol. The van der Waals surface area contributed by atoms with Crippen molar-refractivity contribution < 1.29 is 19.1 Å². The first-order chi connectivity index (χ1) is 20.7. The summed E-state index contributed by atoms with van der Waals surface area (Å²) in [5, 5.41) is 0. The lowest BCUT2D eigenvalue weighted by Gasteiger charge is -2.21. The minimum absolute atomic E-state index is 0.00201. The van der Waals surface area contributed by atoms with E-state index in [9.17, 15) is 14.4 Å². The lowest BCUT2D eigenvalue weighted by molar-refractivity contribution is -0.123. The third-order valence-corrected chi connectivity index (χ3v) is 8.89. The minimum Gasteiger partial charge on any atom is -0.381 e. The van der Waals surface area contributed by atoms with E-state index in [1.165, 1.54) is 11.1 Å². The van der Waals surface area contributed by atoms with E-state index in [0.717, 1.165) is 46.2 Å². The number of aryl methyl sites for hydroxylation is 4. The summed E-state index contributed by atoms with van der Waals surface area (Å²) in [5.41, 5.74) is 9.34. The van der Waals surface area contributed by atoms with Gasteiger partial charge in [-0.15, -0.1) is 0 Å². The standard InChI is InChI=1S/C39H40O4/c1-25-11-13-30(21-27(25)3)23-33-9-6-10-35(39(33)42)37(40)16-14-29-7-5-8-32(22-29)28(4)36-24-34(15-12-26(36)2)38(41)31-17-19-43-20-18-31/h5-13,15,21-22,24,31,33H,4,14,16-20,23H2,1-3H3. The second kappa shape index (κ2) is 13.4. The molecule has 1 aliphatic carbocycles. The molecule has 0 saturated carbocycles. The minimum atomic E-state index is -0.324. The summed E-state index contributed by atoms with van der Waals surface area (Å²) in [4.78, 5) is 39.6. The van der Waals surface area contributed by atoms with Gasteiger partial charge in [-0.1, -0.05) is 73.3 Å². The quantitative estimate of drug-likeness (QED) is 0.184. The fourth-order valence-corrected chi connectivity index (χ4v) is 5.99. The number of rotatable bonds is 10. The molecule has 2 aliphatic rings. The first kappa shape index (κ1) is 30.3. The lowest BCUT2D eigenvalue weighted by Crippen LogP contribution is -2.24. The van der Waals surface area contributed by atoms with Crippen LogP contribution >= 0.6 is 0 Å². The second-order valence-electron chi connectivity index (χ2n) is 11.9. The Hall–Kier alpha value is -4.15. The Balaban J connectivity index is 1.24. The first-order valence-corrected chi connectivity index (χ1v) is 15.2. The predicted octanol–water partition coefficient (Wildman–Crippen LogP) is 7.71. The Morgan fingerprint density at radius 2 is 1.63 bits per heavy atom. The zero-order valence-electron chi connectivity index (χ0n) is 25.5. The highest BCUT2D eigenvalue weighted by Gasteiger charge is 2.27. The highest BCUT2D eigenvalue weighted by atomic mass is 16.5. The molecule has 3 aromatic rings. The van der Waals surface area contributed by atoms with E-state index in [0.29, 0.717) is 37.2 Å². The number of ether oxygens (including phenoxy) is 1. The molecule has 0 aromatic heterocycles. The molecule has 4 nitrogen and oxygen atoms in total. The second-order valence-corrected chi connectivity index (χ2v) is 11.9. The van der Waals surface area contributed by atoms with Gasteiger partial charge in [0.05, 0.1) is 5.57 Å². The highest BCUT2D eigenvalue weighted by molar-refractivity contribution is 6.22. The number of allylic oxidation sites excluding steroid dienone is 4. The number of ketones is 3. The molecule has 4 heteroatoms. The van der Waals surface area contributed by atoms with Crippen molar-refractivity contribution in [3.8, 4) is 0 Å². The fourth-order valence-electron chi connectivity index (χ4n) is 5.99. The summed E-state index contributed by atoms with van der Waals surface area (Å²) in [6, 6.07) is 20.2. The molecule has 43 heavy (non-hydrogen) atoms. The molecule has 0 spiro atoms. The van der Waals surface area contributed by atoms with Gasteiger partial charge >= 0.3 is 0 Å². The van der Waals surface area contributed by atoms with Gasteiger partial charge in [-0.25, -0.2) is 0 Å². The van der Waals surface area contributed by atoms with E-state index in [-0.39, 0.29) is 35.6 Å². The van der Waals surface area contributed by atoms with Crippen molar-refractivity contribution in [3.05, 3.63) is 136 Å². The summed E-state index contributed by atoms with van der Waals surface area (Å²) < 4.78 is 5.43. The average molecular weight is 573 g/mol. The van der Waals surface area contributed by atoms with Crippen LogP contribution in [0.4, 0.5) is 0 Å². The molecule has 0 radical (unpaired) electrons. The smallest absolute Gasteiger partial charge is 0.173 e. The summed E-state index contributed by atoms with van der Waals surface area (Å²) >= 11 is 0. The third-order valence-electron chi connectivity index (χ3n) is 8.89. The van der Waals surface area contributed by atoms with Crippen LogP contribution in [0.25, 0.3) is 5.57 Å². The van der Waals surface area contributed by atoms with Gasteiger partial charge in [-0.05, 0) is 103 Å². The van der Waals surface area contributed by atoms with Crippen LogP contribution in [0.1, 0.15) is 68.6 Å². The van der Waals surface area contributed by atoms with Gasteiger partial charge in [0.15, 0.2) is 17.3 Å². The molecule has 1 unspecified atom stereocenters. The maximum absolute atomic E-state index is 13.3. The van der Waals surface area contributed by atoms with E-state index < -0.39 is 0 Å². The Kier molecular flexibility index (Phi) is 9.47. The average Bonchev–Trinajstić information content (AvgIpc) is 3.03. The maximum Gasteiger partial charge on any atom is 0.173 e. The summed E-state index contributed by atoms with van der Waals surface area (Å²) in [6.07, 6.45) is 8.30. The molecular formula is C39H40O4. The molecule has 1 aliphatic heterocycles. The molecule has 1 heterocycles. The van der Waals surface area contributed by atoms with Crippen molar-refractivity contribution in [1.82, 2.24) is 0 Å². The molecule has 1 fully saturated rings. The lowest BCUT2D eigenvalue weighted by atomic mass is 9.84.